The average Bonchev–Trinajstić information content (AvgIpc) is 3.10. The van der Waals surface area contributed by atoms with Gasteiger partial charge in [0.1, 0.15) is 0 Å². The first-order valence-corrected chi connectivity index (χ1v) is 8.96. The van der Waals surface area contributed by atoms with Crippen molar-refractivity contribution < 1.29 is 0 Å². The fraction of sp³-hybridized carbons (Fsp3) is 0.294. The normalized spacial score (nSPS) is 11.3. The fourth-order valence-electron chi connectivity index (χ4n) is 2.66. The maximum absolute atomic E-state index is 3.71. The van der Waals surface area contributed by atoms with Crippen molar-refractivity contribution in [1.29, 1.82) is 0 Å². The third-order valence-electron chi connectivity index (χ3n) is 3.84. The number of fused-ring (bicyclic) bond motifs is 1. The van der Waals surface area contributed by atoms with Gasteiger partial charge in [0.15, 0.2) is 0 Å². The number of nitrogens with one attached hydrogen (secondary N) is 1. The molecule has 2 nitrogen and oxygen atoms in total. The molecule has 0 aliphatic rings. The Hall–Kier alpha value is -1.10. The van der Waals surface area contributed by atoms with Crippen molar-refractivity contribution >= 4 is 38.2 Å². The van der Waals surface area contributed by atoms with Crippen molar-refractivity contribution in [3.8, 4) is 0 Å². The van der Waals surface area contributed by atoms with Crippen molar-refractivity contribution in [3.05, 3.63) is 56.8 Å². The number of thiophene rings is 1. The van der Waals surface area contributed by atoms with E-state index in [1.54, 1.807) is 11.3 Å². The summed E-state index contributed by atoms with van der Waals surface area (Å²) in [5.41, 5.74) is 4.04. The molecular formula is C17H19BrN2S. The molecular weight excluding hydrogens is 344 g/mol. The van der Waals surface area contributed by atoms with Crippen LogP contribution in [0.5, 0.6) is 0 Å². The molecule has 2 heterocycles. The largest absolute Gasteiger partial charge is 0.342 e. The van der Waals surface area contributed by atoms with E-state index >= 15 is 0 Å². The summed E-state index contributed by atoms with van der Waals surface area (Å²) in [5, 5.41) is 9.21. The maximum Gasteiger partial charge on any atom is 0.0494 e. The Morgan fingerprint density at radius 1 is 1.19 bits per heavy atom. The minimum absolute atomic E-state index is 0.996. The van der Waals surface area contributed by atoms with Crippen LogP contribution in [0.3, 0.4) is 0 Å². The Labute approximate surface area is 137 Å². The van der Waals surface area contributed by atoms with E-state index in [2.05, 4.69) is 73.8 Å². The Bertz CT molecular complexity index is 716. The highest BCUT2D eigenvalue weighted by molar-refractivity contribution is 9.10. The van der Waals surface area contributed by atoms with Crippen LogP contribution in [0.2, 0.25) is 0 Å². The number of hydrogen-bond acceptors (Lipinski definition) is 2. The van der Waals surface area contributed by atoms with Gasteiger partial charge in [0.05, 0.1) is 0 Å². The van der Waals surface area contributed by atoms with Gasteiger partial charge in [0, 0.05) is 34.2 Å². The van der Waals surface area contributed by atoms with E-state index in [0.29, 0.717) is 0 Å². The highest BCUT2D eigenvalue weighted by atomic mass is 79.9. The summed E-state index contributed by atoms with van der Waals surface area (Å²) >= 11 is 5.48. The fourth-order valence-corrected chi connectivity index (χ4v) is 3.91. The zero-order valence-corrected chi connectivity index (χ0v) is 14.5. The molecule has 3 rings (SSSR count). The van der Waals surface area contributed by atoms with Gasteiger partial charge >= 0.3 is 0 Å². The van der Waals surface area contributed by atoms with Gasteiger partial charge in [-0.2, -0.15) is 11.3 Å². The van der Waals surface area contributed by atoms with Crippen LogP contribution in [0.15, 0.2) is 45.6 Å². The van der Waals surface area contributed by atoms with Gasteiger partial charge in [-0.3, -0.25) is 0 Å². The highest BCUT2D eigenvalue weighted by Gasteiger charge is 2.10. The number of rotatable bonds is 6. The van der Waals surface area contributed by atoms with Crippen LogP contribution in [0, 0.1) is 6.92 Å². The van der Waals surface area contributed by atoms with Gasteiger partial charge in [-0.15, -0.1) is 0 Å². The van der Waals surface area contributed by atoms with Crippen LogP contribution < -0.4 is 5.32 Å². The van der Waals surface area contributed by atoms with Crippen molar-refractivity contribution in [3.63, 3.8) is 0 Å². The molecule has 0 saturated carbocycles. The molecule has 1 aromatic carbocycles. The van der Waals surface area contributed by atoms with Gasteiger partial charge < -0.3 is 9.88 Å². The van der Waals surface area contributed by atoms with E-state index < -0.39 is 0 Å². The third-order valence-corrected chi connectivity index (χ3v) is 5.57. The lowest BCUT2D eigenvalue weighted by atomic mass is 10.2. The Morgan fingerprint density at radius 3 is 2.86 bits per heavy atom. The lowest BCUT2D eigenvalue weighted by Crippen LogP contribution is -2.22. The van der Waals surface area contributed by atoms with Crippen LogP contribution >= 0.6 is 27.3 Å². The van der Waals surface area contributed by atoms with Crippen molar-refractivity contribution in [2.45, 2.75) is 19.9 Å². The zero-order valence-electron chi connectivity index (χ0n) is 12.1. The second-order valence-electron chi connectivity index (χ2n) is 5.20. The second kappa shape index (κ2) is 6.77. The van der Waals surface area contributed by atoms with Gasteiger partial charge in [-0.25, -0.2) is 0 Å². The zero-order chi connectivity index (χ0) is 14.7. The van der Waals surface area contributed by atoms with E-state index in [4.69, 9.17) is 0 Å². The van der Waals surface area contributed by atoms with Gasteiger partial charge in [-0.1, -0.05) is 18.2 Å². The first-order valence-electron chi connectivity index (χ1n) is 7.22. The van der Waals surface area contributed by atoms with Crippen LogP contribution in [0.1, 0.15) is 11.3 Å². The summed E-state index contributed by atoms with van der Waals surface area (Å²) in [6.07, 6.45) is 1.11. The molecule has 3 aromatic rings. The quantitative estimate of drug-likeness (QED) is 0.633. The standard InChI is InChI=1S/C17H19BrN2S/c1-13-17(18)15-4-2-3-5-16(15)20(13)10-9-19-8-6-14-7-11-21-12-14/h2-5,7,11-12,19H,6,8-10H2,1H3. The van der Waals surface area contributed by atoms with E-state index in [9.17, 15) is 0 Å². The monoisotopic (exact) mass is 362 g/mol. The van der Waals surface area contributed by atoms with Crippen molar-refractivity contribution in [2.24, 2.45) is 0 Å². The molecule has 0 unspecified atom stereocenters. The van der Waals surface area contributed by atoms with Gasteiger partial charge in [-0.05, 0) is 64.3 Å². The number of aromatic nitrogens is 1. The molecule has 0 radical (unpaired) electrons. The number of benzene rings is 1. The molecule has 0 aliphatic heterocycles. The van der Waals surface area contributed by atoms with Crippen LogP contribution in [-0.2, 0) is 13.0 Å². The van der Waals surface area contributed by atoms with Crippen molar-refractivity contribution in [1.82, 2.24) is 9.88 Å². The molecule has 0 spiro atoms. The molecule has 110 valence electrons. The number of halogens is 1. The maximum atomic E-state index is 3.71. The topological polar surface area (TPSA) is 17.0 Å². The molecule has 1 N–H and O–H groups in total. The second-order valence-corrected chi connectivity index (χ2v) is 6.77. The molecule has 0 fully saturated rings. The first kappa shape index (κ1) is 14.8. The molecule has 2 aromatic heterocycles. The van der Waals surface area contributed by atoms with E-state index in [-0.39, 0.29) is 0 Å². The van der Waals surface area contributed by atoms with Crippen LogP contribution in [0.4, 0.5) is 0 Å². The van der Waals surface area contributed by atoms with E-state index in [0.717, 1.165) is 26.1 Å². The summed E-state index contributed by atoms with van der Waals surface area (Å²) in [4.78, 5) is 0. The summed E-state index contributed by atoms with van der Waals surface area (Å²) < 4.78 is 3.60. The highest BCUT2D eigenvalue weighted by Crippen LogP contribution is 2.30. The predicted octanol–water partition coefficient (Wildman–Crippen LogP) is 4.61. The Balaban J connectivity index is 1.59. The summed E-state index contributed by atoms with van der Waals surface area (Å²) in [6.45, 7) is 5.21. The molecule has 0 bridgehead atoms. The first-order chi connectivity index (χ1) is 10.3. The number of hydrogen-bond donors (Lipinski definition) is 1. The molecule has 0 aliphatic carbocycles. The summed E-state index contributed by atoms with van der Waals surface area (Å²) in [6, 6.07) is 10.8. The Kier molecular flexibility index (Phi) is 4.78. The minimum atomic E-state index is 0.996. The molecule has 0 saturated heterocycles. The lowest BCUT2D eigenvalue weighted by molar-refractivity contribution is 0.602. The van der Waals surface area contributed by atoms with Gasteiger partial charge in [0.2, 0.25) is 0 Å². The SMILES string of the molecule is Cc1c(Br)c2ccccc2n1CCNCCc1ccsc1. The molecule has 0 amide bonds. The molecule has 4 heteroatoms. The minimum Gasteiger partial charge on any atom is -0.342 e. The third kappa shape index (κ3) is 3.23. The average molecular weight is 363 g/mol. The summed E-state index contributed by atoms with van der Waals surface area (Å²) in [5.74, 6) is 0. The summed E-state index contributed by atoms with van der Waals surface area (Å²) in [7, 11) is 0. The van der Waals surface area contributed by atoms with Crippen LogP contribution in [-0.4, -0.2) is 17.7 Å². The number of nitrogens with zero attached hydrogens (tertiary/aromatic N) is 1. The van der Waals surface area contributed by atoms with Crippen LogP contribution in [0.25, 0.3) is 10.9 Å². The number of para-hydroxylation sites is 1. The predicted molar refractivity (Wildman–Crippen MR) is 95.3 cm³/mol. The molecule has 0 atom stereocenters. The lowest BCUT2D eigenvalue weighted by Gasteiger charge is -2.09. The Morgan fingerprint density at radius 2 is 2.05 bits per heavy atom. The van der Waals surface area contributed by atoms with E-state index in [1.165, 1.54) is 26.6 Å². The van der Waals surface area contributed by atoms with Crippen molar-refractivity contribution in [2.75, 3.05) is 13.1 Å². The van der Waals surface area contributed by atoms with E-state index in [1.807, 2.05) is 0 Å². The molecule has 21 heavy (non-hydrogen) atoms. The van der Waals surface area contributed by atoms with Gasteiger partial charge in [0.25, 0.3) is 0 Å². The smallest absolute Gasteiger partial charge is 0.0494 e.